The summed E-state index contributed by atoms with van der Waals surface area (Å²) in [6, 6.07) is 5.56. The lowest BCUT2D eigenvalue weighted by molar-refractivity contribution is -0.116. The van der Waals surface area contributed by atoms with Gasteiger partial charge in [0, 0.05) is 17.3 Å². The van der Waals surface area contributed by atoms with Crippen LogP contribution in [0.15, 0.2) is 65.4 Å². The van der Waals surface area contributed by atoms with Crippen LogP contribution in [-0.2, 0) is 16.0 Å². The van der Waals surface area contributed by atoms with Gasteiger partial charge in [0.25, 0.3) is 0 Å². The maximum atomic E-state index is 14.1. The maximum absolute atomic E-state index is 14.1. The van der Waals surface area contributed by atoms with Gasteiger partial charge in [-0.3, -0.25) is 9.59 Å². The summed E-state index contributed by atoms with van der Waals surface area (Å²) in [4.78, 5) is 27.2. The number of aromatic hydroxyl groups is 1. The second-order valence-corrected chi connectivity index (χ2v) is 17.1. The minimum absolute atomic E-state index is 0.0194. The average Bonchev–Trinajstić information content (AvgIpc) is 3.00. The van der Waals surface area contributed by atoms with Gasteiger partial charge in [0.05, 0.1) is 5.70 Å². The normalized spacial score (nSPS) is 39.5. The van der Waals surface area contributed by atoms with Crippen molar-refractivity contribution in [3.05, 3.63) is 71.0 Å². The highest BCUT2D eigenvalue weighted by atomic mass is 16.3. The summed E-state index contributed by atoms with van der Waals surface area (Å²) in [5.41, 5.74) is 5.73. The van der Waals surface area contributed by atoms with E-state index in [1.807, 2.05) is 12.1 Å². The van der Waals surface area contributed by atoms with Crippen molar-refractivity contribution in [3.8, 4) is 5.75 Å². The SMILES string of the molecule is C=C1CCC[C@@H]2[C@@](C)(Cc3cc(NC4=CC(=O)C=C(C[C@@]5(C)[C@H](C)CC[C@]6(C)C(C)=CCC[C@H]56)C4=O)ccc3O)[C@H](C)CC[C@]12C. The zero-order valence-corrected chi connectivity index (χ0v) is 29.5. The molecule has 5 aliphatic rings. The van der Waals surface area contributed by atoms with Crippen LogP contribution < -0.4 is 5.32 Å². The van der Waals surface area contributed by atoms with E-state index in [0.29, 0.717) is 47.1 Å². The molecule has 4 heteroatoms. The smallest absolute Gasteiger partial charge is 0.205 e. The first kappa shape index (κ1) is 33.0. The number of hydrogen-bond donors (Lipinski definition) is 2. The molecule has 0 heterocycles. The van der Waals surface area contributed by atoms with Gasteiger partial charge >= 0.3 is 0 Å². The van der Waals surface area contributed by atoms with Gasteiger partial charge < -0.3 is 10.4 Å². The molecular formula is C42H57NO3. The highest BCUT2D eigenvalue weighted by Crippen LogP contribution is 2.63. The summed E-state index contributed by atoms with van der Waals surface area (Å²) in [6.07, 6.45) is 17.2. The van der Waals surface area contributed by atoms with Gasteiger partial charge in [-0.2, -0.15) is 0 Å². The molecule has 8 atom stereocenters. The molecule has 0 radical (unpaired) electrons. The molecule has 0 amide bonds. The van der Waals surface area contributed by atoms with Crippen LogP contribution in [0.5, 0.6) is 5.75 Å². The summed E-state index contributed by atoms with van der Waals surface area (Å²) in [5, 5.41) is 14.4. The van der Waals surface area contributed by atoms with Gasteiger partial charge in [-0.15, -0.1) is 0 Å². The first-order valence-corrected chi connectivity index (χ1v) is 18.1. The number of fused-ring (bicyclic) bond motifs is 2. The van der Waals surface area contributed by atoms with Crippen molar-refractivity contribution >= 4 is 17.3 Å². The Morgan fingerprint density at radius 2 is 1.54 bits per heavy atom. The summed E-state index contributed by atoms with van der Waals surface area (Å²) >= 11 is 0. The zero-order valence-electron chi connectivity index (χ0n) is 29.5. The minimum Gasteiger partial charge on any atom is -0.508 e. The molecule has 1 aromatic rings. The van der Waals surface area contributed by atoms with Gasteiger partial charge in [0.1, 0.15) is 5.75 Å². The molecule has 0 aromatic heterocycles. The molecule has 248 valence electrons. The van der Waals surface area contributed by atoms with Crippen molar-refractivity contribution in [1.82, 2.24) is 0 Å². The Kier molecular flexibility index (Phi) is 8.38. The van der Waals surface area contributed by atoms with Gasteiger partial charge in [-0.25, -0.2) is 0 Å². The third-order valence-electron chi connectivity index (χ3n) is 14.8. The van der Waals surface area contributed by atoms with E-state index in [1.54, 1.807) is 12.1 Å². The van der Waals surface area contributed by atoms with Gasteiger partial charge in [-0.05, 0) is 153 Å². The van der Waals surface area contributed by atoms with Crippen molar-refractivity contribution in [1.29, 1.82) is 0 Å². The minimum atomic E-state index is -0.133. The summed E-state index contributed by atoms with van der Waals surface area (Å²) in [5.74, 6) is 2.06. The fourth-order valence-corrected chi connectivity index (χ4v) is 11.1. The molecule has 1 aromatic carbocycles. The van der Waals surface area contributed by atoms with Crippen molar-refractivity contribution in [2.24, 2.45) is 45.3 Å². The highest BCUT2D eigenvalue weighted by Gasteiger charge is 2.55. The Bertz CT molecular complexity index is 1550. The van der Waals surface area contributed by atoms with Gasteiger partial charge in [-0.1, -0.05) is 65.3 Å². The van der Waals surface area contributed by atoms with Crippen LogP contribution in [0.1, 0.15) is 118 Å². The molecule has 4 nitrogen and oxygen atoms in total. The maximum Gasteiger partial charge on any atom is 0.205 e. The number of carbonyl (C=O) groups is 2. The molecule has 0 aliphatic heterocycles. The number of Topliss-reactive ketones (excluding diaryl/α,β-unsaturated/α-hetero) is 1. The zero-order chi connectivity index (χ0) is 33.2. The first-order valence-electron chi connectivity index (χ1n) is 18.1. The van der Waals surface area contributed by atoms with Gasteiger partial charge in [0.2, 0.25) is 5.78 Å². The van der Waals surface area contributed by atoms with Crippen LogP contribution in [-0.4, -0.2) is 16.7 Å². The van der Waals surface area contributed by atoms with Crippen molar-refractivity contribution in [2.45, 2.75) is 119 Å². The molecule has 0 bridgehead atoms. The molecule has 2 N–H and O–H groups in total. The van der Waals surface area contributed by atoms with E-state index in [0.717, 1.165) is 49.8 Å². The molecule has 0 unspecified atom stereocenters. The lowest BCUT2D eigenvalue weighted by Crippen LogP contribution is -2.51. The molecule has 5 aliphatic carbocycles. The number of phenolic OH excluding ortho intramolecular Hbond substituents is 1. The summed E-state index contributed by atoms with van der Waals surface area (Å²) in [6.45, 7) is 21.2. The second kappa shape index (κ2) is 11.7. The van der Waals surface area contributed by atoms with E-state index < -0.39 is 0 Å². The molecular weight excluding hydrogens is 566 g/mol. The van der Waals surface area contributed by atoms with Gasteiger partial charge in [0.15, 0.2) is 5.78 Å². The number of allylic oxidation sites excluding steroid dienone is 6. The van der Waals surface area contributed by atoms with Crippen LogP contribution >= 0.6 is 0 Å². The van der Waals surface area contributed by atoms with Crippen LogP contribution in [0, 0.1) is 45.3 Å². The Morgan fingerprint density at radius 1 is 0.891 bits per heavy atom. The molecule has 6 rings (SSSR count). The Hall–Kier alpha value is -2.88. The summed E-state index contributed by atoms with van der Waals surface area (Å²) in [7, 11) is 0. The first-order chi connectivity index (χ1) is 21.6. The average molecular weight is 624 g/mol. The molecule has 0 saturated heterocycles. The fraction of sp³-hybridized carbons (Fsp3) is 0.619. The monoisotopic (exact) mass is 623 g/mol. The van der Waals surface area contributed by atoms with Crippen LogP contribution in [0.4, 0.5) is 5.69 Å². The second-order valence-electron chi connectivity index (χ2n) is 17.1. The Balaban J connectivity index is 1.23. The number of carbonyl (C=O) groups excluding carboxylic acids is 2. The van der Waals surface area contributed by atoms with E-state index >= 15 is 0 Å². The fourth-order valence-electron chi connectivity index (χ4n) is 11.1. The van der Waals surface area contributed by atoms with Crippen LogP contribution in [0.2, 0.25) is 0 Å². The predicted molar refractivity (Wildman–Crippen MR) is 188 cm³/mol. The Labute approximate surface area is 277 Å². The number of benzene rings is 1. The third-order valence-corrected chi connectivity index (χ3v) is 14.8. The number of rotatable bonds is 6. The lowest BCUT2D eigenvalue weighted by Gasteiger charge is -2.59. The number of ketones is 2. The largest absolute Gasteiger partial charge is 0.508 e. The van der Waals surface area contributed by atoms with E-state index in [-0.39, 0.29) is 33.2 Å². The Morgan fingerprint density at radius 3 is 2.26 bits per heavy atom. The quantitative estimate of drug-likeness (QED) is 0.188. The van der Waals surface area contributed by atoms with Crippen molar-refractivity contribution < 1.29 is 14.7 Å². The van der Waals surface area contributed by atoms with E-state index in [9.17, 15) is 14.7 Å². The van der Waals surface area contributed by atoms with E-state index in [1.165, 1.54) is 42.9 Å². The number of anilines is 1. The van der Waals surface area contributed by atoms with E-state index in [2.05, 4.69) is 66.4 Å². The number of hydrogen-bond acceptors (Lipinski definition) is 4. The van der Waals surface area contributed by atoms with Crippen LogP contribution in [0.25, 0.3) is 0 Å². The topological polar surface area (TPSA) is 66.4 Å². The number of nitrogens with one attached hydrogen (secondary N) is 1. The molecule has 0 spiro atoms. The third kappa shape index (κ3) is 5.27. The number of phenols is 1. The predicted octanol–water partition coefficient (Wildman–Crippen LogP) is 10.3. The lowest BCUT2D eigenvalue weighted by atomic mass is 9.46. The molecule has 46 heavy (non-hydrogen) atoms. The van der Waals surface area contributed by atoms with Crippen molar-refractivity contribution in [2.75, 3.05) is 5.32 Å². The molecule has 3 saturated carbocycles. The standard InChI is InChI=1S/C42H57NO3/c1-26-11-9-13-36-39(26,5)19-17-28(3)41(36,7)24-30-21-32(15-16-35(30)45)43-34-23-33(44)22-31(38(34)46)25-42(8)29(4)18-20-40(6)27(2)12-10-14-37(40)42/h12,15-16,21-23,28-29,36-37,43,45H,1,9-11,13-14,17-20,24-25H2,2-8H3/t28-,29-,36+,37+,39-,40-,41+,42+/m1/s1. The summed E-state index contributed by atoms with van der Waals surface area (Å²) < 4.78 is 0. The van der Waals surface area contributed by atoms with Crippen LogP contribution in [0.3, 0.4) is 0 Å². The molecule has 3 fully saturated rings. The highest BCUT2D eigenvalue weighted by molar-refractivity contribution is 6.21. The van der Waals surface area contributed by atoms with Crippen molar-refractivity contribution in [3.63, 3.8) is 0 Å². The van der Waals surface area contributed by atoms with E-state index in [4.69, 9.17) is 0 Å².